The first-order valence-electron chi connectivity index (χ1n) is 6.52. The van der Waals surface area contributed by atoms with E-state index in [4.69, 9.17) is 5.73 Å². The number of aromatic hydroxyl groups is 1. The van der Waals surface area contributed by atoms with E-state index in [1.165, 1.54) is 19.4 Å². The van der Waals surface area contributed by atoms with Crippen molar-refractivity contribution in [3.8, 4) is 5.75 Å². The Kier molecular flexibility index (Phi) is 4.09. The number of rotatable bonds is 4. The third-order valence-corrected chi connectivity index (χ3v) is 3.74. The highest BCUT2D eigenvalue weighted by Crippen LogP contribution is 2.22. The SMILES string of the molecule is CN(Cc1cc(N)ccc1O)CC1CCCN1C. The molecule has 18 heavy (non-hydrogen) atoms. The molecule has 0 spiro atoms. The minimum Gasteiger partial charge on any atom is -0.508 e. The standard InChI is InChI=1S/C14H23N3O/c1-16(10-13-4-3-7-17(13)2)9-11-8-12(15)5-6-14(11)18/h5-6,8,13,18H,3-4,7,9-10,15H2,1-2H3. The van der Waals surface area contributed by atoms with Gasteiger partial charge in [0.1, 0.15) is 5.75 Å². The van der Waals surface area contributed by atoms with Gasteiger partial charge in [0.15, 0.2) is 0 Å². The van der Waals surface area contributed by atoms with Crippen LogP contribution in [0.3, 0.4) is 0 Å². The van der Waals surface area contributed by atoms with Crippen LogP contribution in [0.4, 0.5) is 5.69 Å². The molecule has 1 saturated heterocycles. The lowest BCUT2D eigenvalue weighted by Gasteiger charge is -2.26. The first kappa shape index (κ1) is 13.2. The number of nitrogens with zero attached hydrogens (tertiary/aromatic N) is 2. The zero-order chi connectivity index (χ0) is 13.1. The van der Waals surface area contributed by atoms with Crippen LogP contribution in [0.15, 0.2) is 18.2 Å². The van der Waals surface area contributed by atoms with Crippen molar-refractivity contribution in [3.05, 3.63) is 23.8 Å². The molecule has 4 heteroatoms. The van der Waals surface area contributed by atoms with Gasteiger partial charge in [-0.05, 0) is 51.7 Å². The van der Waals surface area contributed by atoms with Gasteiger partial charge < -0.3 is 20.6 Å². The lowest BCUT2D eigenvalue weighted by molar-refractivity contribution is 0.214. The summed E-state index contributed by atoms with van der Waals surface area (Å²) < 4.78 is 0. The van der Waals surface area contributed by atoms with E-state index in [1.807, 2.05) is 6.07 Å². The quantitative estimate of drug-likeness (QED) is 0.627. The van der Waals surface area contributed by atoms with Crippen LogP contribution in [0.5, 0.6) is 5.75 Å². The number of phenolic OH excluding ortho intramolecular Hbond substituents is 1. The van der Waals surface area contributed by atoms with Crippen molar-refractivity contribution < 1.29 is 5.11 Å². The second kappa shape index (κ2) is 5.59. The van der Waals surface area contributed by atoms with Crippen LogP contribution in [0, 0.1) is 0 Å². The molecule has 0 aliphatic carbocycles. The van der Waals surface area contributed by atoms with Gasteiger partial charge in [0.2, 0.25) is 0 Å². The average Bonchev–Trinajstić information content (AvgIpc) is 2.70. The molecule has 1 atom stereocenters. The molecule has 1 fully saturated rings. The molecule has 0 bridgehead atoms. The molecule has 1 aliphatic rings. The second-order valence-electron chi connectivity index (χ2n) is 5.36. The fourth-order valence-corrected chi connectivity index (χ4v) is 2.66. The van der Waals surface area contributed by atoms with Gasteiger partial charge in [0, 0.05) is 30.4 Å². The maximum absolute atomic E-state index is 9.80. The fourth-order valence-electron chi connectivity index (χ4n) is 2.66. The highest BCUT2D eigenvalue weighted by molar-refractivity contribution is 5.47. The zero-order valence-corrected chi connectivity index (χ0v) is 11.3. The van der Waals surface area contributed by atoms with Crippen molar-refractivity contribution in [1.29, 1.82) is 0 Å². The van der Waals surface area contributed by atoms with E-state index in [0.717, 1.165) is 18.7 Å². The van der Waals surface area contributed by atoms with Crippen molar-refractivity contribution in [1.82, 2.24) is 9.80 Å². The lowest BCUT2D eigenvalue weighted by atomic mass is 10.1. The van der Waals surface area contributed by atoms with Crippen LogP contribution < -0.4 is 5.73 Å². The summed E-state index contributed by atoms with van der Waals surface area (Å²) in [5, 5.41) is 9.80. The van der Waals surface area contributed by atoms with Crippen molar-refractivity contribution in [2.75, 3.05) is 32.9 Å². The minimum absolute atomic E-state index is 0.329. The molecule has 0 aromatic heterocycles. The average molecular weight is 249 g/mol. The van der Waals surface area contributed by atoms with Gasteiger partial charge in [-0.25, -0.2) is 0 Å². The number of benzene rings is 1. The molecule has 2 rings (SSSR count). The normalized spacial score (nSPS) is 20.7. The maximum atomic E-state index is 9.80. The predicted octanol–water partition coefficient (Wildman–Crippen LogP) is 1.50. The van der Waals surface area contributed by atoms with Crippen LogP contribution in [0.25, 0.3) is 0 Å². The number of nitrogen functional groups attached to an aromatic ring is 1. The lowest BCUT2D eigenvalue weighted by Crippen LogP contribution is -2.36. The van der Waals surface area contributed by atoms with Crippen molar-refractivity contribution in [2.24, 2.45) is 0 Å². The Hall–Kier alpha value is -1.26. The summed E-state index contributed by atoms with van der Waals surface area (Å²) in [6.07, 6.45) is 2.56. The van der Waals surface area contributed by atoms with Crippen molar-refractivity contribution in [2.45, 2.75) is 25.4 Å². The van der Waals surface area contributed by atoms with E-state index >= 15 is 0 Å². The van der Waals surface area contributed by atoms with E-state index < -0.39 is 0 Å². The smallest absolute Gasteiger partial charge is 0.120 e. The Morgan fingerprint density at radius 2 is 2.28 bits per heavy atom. The van der Waals surface area contributed by atoms with Gasteiger partial charge in [-0.3, -0.25) is 0 Å². The van der Waals surface area contributed by atoms with E-state index in [0.29, 0.717) is 17.5 Å². The Morgan fingerprint density at radius 1 is 1.50 bits per heavy atom. The Bertz CT molecular complexity index is 408. The van der Waals surface area contributed by atoms with E-state index in [1.54, 1.807) is 12.1 Å². The number of hydrogen-bond acceptors (Lipinski definition) is 4. The predicted molar refractivity (Wildman–Crippen MR) is 74.5 cm³/mol. The van der Waals surface area contributed by atoms with Gasteiger partial charge >= 0.3 is 0 Å². The Balaban J connectivity index is 1.94. The van der Waals surface area contributed by atoms with Gasteiger partial charge in [-0.2, -0.15) is 0 Å². The number of likely N-dealkylation sites (N-methyl/N-ethyl adjacent to an activating group) is 2. The molecule has 4 nitrogen and oxygen atoms in total. The molecule has 0 amide bonds. The first-order valence-corrected chi connectivity index (χ1v) is 6.52. The summed E-state index contributed by atoms with van der Waals surface area (Å²) in [4.78, 5) is 4.66. The summed E-state index contributed by atoms with van der Waals surface area (Å²) in [7, 11) is 4.28. The zero-order valence-electron chi connectivity index (χ0n) is 11.3. The highest BCUT2D eigenvalue weighted by atomic mass is 16.3. The summed E-state index contributed by atoms with van der Waals surface area (Å²) in [5.41, 5.74) is 7.36. The number of phenols is 1. The fraction of sp³-hybridized carbons (Fsp3) is 0.571. The Labute approximate surface area is 109 Å². The largest absolute Gasteiger partial charge is 0.508 e. The van der Waals surface area contributed by atoms with Gasteiger partial charge in [-0.15, -0.1) is 0 Å². The van der Waals surface area contributed by atoms with E-state index in [-0.39, 0.29) is 0 Å². The summed E-state index contributed by atoms with van der Waals surface area (Å²) in [5.74, 6) is 0.329. The van der Waals surface area contributed by atoms with Crippen LogP contribution in [-0.2, 0) is 6.54 Å². The third kappa shape index (κ3) is 3.15. The monoisotopic (exact) mass is 249 g/mol. The Morgan fingerprint density at radius 3 is 2.94 bits per heavy atom. The number of hydrogen-bond donors (Lipinski definition) is 2. The van der Waals surface area contributed by atoms with Crippen molar-refractivity contribution in [3.63, 3.8) is 0 Å². The van der Waals surface area contributed by atoms with Crippen LogP contribution in [-0.4, -0.2) is 48.1 Å². The van der Waals surface area contributed by atoms with E-state index in [9.17, 15) is 5.11 Å². The topological polar surface area (TPSA) is 52.7 Å². The molecule has 1 heterocycles. The first-order chi connectivity index (χ1) is 8.56. The van der Waals surface area contributed by atoms with Gasteiger partial charge in [0.25, 0.3) is 0 Å². The molecule has 0 saturated carbocycles. The maximum Gasteiger partial charge on any atom is 0.120 e. The molecule has 1 aromatic carbocycles. The molecule has 0 radical (unpaired) electrons. The molecule has 1 unspecified atom stereocenters. The van der Waals surface area contributed by atoms with Crippen LogP contribution >= 0.6 is 0 Å². The number of anilines is 1. The molecule has 1 aliphatic heterocycles. The van der Waals surface area contributed by atoms with Crippen LogP contribution in [0.1, 0.15) is 18.4 Å². The highest BCUT2D eigenvalue weighted by Gasteiger charge is 2.22. The molecular weight excluding hydrogens is 226 g/mol. The summed E-state index contributed by atoms with van der Waals surface area (Å²) in [6, 6.07) is 5.88. The van der Waals surface area contributed by atoms with E-state index in [2.05, 4.69) is 23.9 Å². The molecule has 100 valence electrons. The third-order valence-electron chi connectivity index (χ3n) is 3.74. The van der Waals surface area contributed by atoms with Crippen LogP contribution in [0.2, 0.25) is 0 Å². The minimum atomic E-state index is 0.329. The summed E-state index contributed by atoms with van der Waals surface area (Å²) in [6.45, 7) is 2.97. The molecule has 3 N–H and O–H groups in total. The van der Waals surface area contributed by atoms with Gasteiger partial charge in [0.05, 0.1) is 0 Å². The second-order valence-corrected chi connectivity index (χ2v) is 5.36. The molecular formula is C14H23N3O. The van der Waals surface area contributed by atoms with Gasteiger partial charge in [-0.1, -0.05) is 0 Å². The summed E-state index contributed by atoms with van der Waals surface area (Å²) >= 11 is 0. The number of likely N-dealkylation sites (tertiary alicyclic amines) is 1. The number of nitrogens with two attached hydrogens (primary N) is 1. The van der Waals surface area contributed by atoms with Crippen molar-refractivity contribution >= 4 is 5.69 Å². The molecule has 1 aromatic rings.